The van der Waals surface area contributed by atoms with E-state index in [1.54, 1.807) is 0 Å². The highest BCUT2D eigenvalue weighted by Gasteiger charge is 2.03. The molecule has 0 bridgehead atoms. The van der Waals surface area contributed by atoms with Gasteiger partial charge in [0, 0.05) is 6.42 Å². The normalized spacial score (nSPS) is 10.5. The first-order chi connectivity index (χ1) is 9.17. The molecule has 2 N–H and O–H groups in total. The Morgan fingerprint density at radius 3 is 2.63 bits per heavy atom. The van der Waals surface area contributed by atoms with Crippen LogP contribution in [0.25, 0.3) is 0 Å². The minimum atomic E-state index is 0.328. The van der Waals surface area contributed by atoms with Crippen molar-refractivity contribution in [3.63, 3.8) is 0 Å². The molecule has 0 saturated carbocycles. The summed E-state index contributed by atoms with van der Waals surface area (Å²) in [4.78, 5) is 12.7. The molecule has 0 fully saturated rings. The number of nitrogens with zero attached hydrogens (tertiary/aromatic N) is 3. The van der Waals surface area contributed by atoms with Crippen LogP contribution in [0.2, 0.25) is 0 Å². The molecule has 2 aromatic rings. The van der Waals surface area contributed by atoms with E-state index < -0.39 is 0 Å². The van der Waals surface area contributed by atoms with Gasteiger partial charge in [0.05, 0.1) is 13.2 Å². The monoisotopic (exact) mass is 258 g/mol. The van der Waals surface area contributed by atoms with Gasteiger partial charge in [-0.3, -0.25) is 0 Å². The van der Waals surface area contributed by atoms with Gasteiger partial charge in [-0.1, -0.05) is 12.1 Å². The van der Waals surface area contributed by atoms with Crippen LogP contribution in [0.1, 0.15) is 23.0 Å². The van der Waals surface area contributed by atoms with E-state index in [2.05, 4.69) is 15.0 Å². The Bertz CT molecular complexity index is 557. The second-order valence-electron chi connectivity index (χ2n) is 4.33. The highest BCUT2D eigenvalue weighted by molar-refractivity contribution is 5.27. The maximum Gasteiger partial charge on any atom is 0.146 e. The molecule has 0 aliphatic carbocycles. The van der Waals surface area contributed by atoms with Crippen LogP contribution in [0.5, 0.6) is 5.75 Å². The molecule has 0 aliphatic rings. The van der Waals surface area contributed by atoms with Crippen molar-refractivity contribution in [1.29, 1.82) is 0 Å². The van der Waals surface area contributed by atoms with Gasteiger partial charge in [-0.25, -0.2) is 15.0 Å². The van der Waals surface area contributed by atoms with Crippen LogP contribution in [-0.2, 0) is 13.0 Å². The summed E-state index contributed by atoms with van der Waals surface area (Å²) in [7, 11) is 0. The molecule has 1 aromatic carbocycles. The van der Waals surface area contributed by atoms with Crippen LogP contribution in [0.3, 0.4) is 0 Å². The minimum Gasteiger partial charge on any atom is -0.493 e. The molecule has 0 amide bonds. The van der Waals surface area contributed by atoms with Crippen molar-refractivity contribution in [1.82, 2.24) is 15.0 Å². The number of ether oxygens (including phenoxy) is 1. The summed E-state index contributed by atoms with van der Waals surface area (Å²) < 4.78 is 5.67. The third-order valence-corrected chi connectivity index (χ3v) is 2.61. The van der Waals surface area contributed by atoms with E-state index in [0.29, 0.717) is 31.2 Å². The van der Waals surface area contributed by atoms with E-state index in [1.807, 2.05) is 38.1 Å². The highest BCUT2D eigenvalue weighted by atomic mass is 16.5. The molecule has 0 unspecified atom stereocenters. The molecule has 0 aliphatic heterocycles. The predicted molar refractivity (Wildman–Crippen MR) is 72.8 cm³/mol. The van der Waals surface area contributed by atoms with Crippen LogP contribution in [-0.4, -0.2) is 21.6 Å². The maximum atomic E-state index is 5.67. The van der Waals surface area contributed by atoms with Crippen LogP contribution in [0.4, 0.5) is 0 Å². The number of nitrogens with two attached hydrogens (primary N) is 1. The smallest absolute Gasteiger partial charge is 0.146 e. The fraction of sp³-hybridized carbons (Fsp3) is 0.357. The summed E-state index contributed by atoms with van der Waals surface area (Å²) in [5.74, 6) is 2.91. The largest absolute Gasteiger partial charge is 0.493 e. The standard InChI is InChI=1S/C14H18N4O/c1-10-4-3-5-12(8-10)19-7-6-13-16-11(2)17-14(9-15)18-13/h3-5,8H,6-7,9,15H2,1-2H3. The average molecular weight is 258 g/mol. The molecule has 19 heavy (non-hydrogen) atoms. The third kappa shape index (κ3) is 3.99. The summed E-state index contributed by atoms with van der Waals surface area (Å²) in [5.41, 5.74) is 6.72. The zero-order valence-corrected chi connectivity index (χ0v) is 11.3. The molecule has 0 saturated heterocycles. The van der Waals surface area contributed by atoms with Crippen LogP contribution >= 0.6 is 0 Å². The Kier molecular flexibility index (Phi) is 4.41. The lowest BCUT2D eigenvalue weighted by molar-refractivity contribution is 0.318. The Labute approximate surface area is 112 Å². The lowest BCUT2D eigenvalue weighted by atomic mass is 10.2. The first kappa shape index (κ1) is 13.4. The van der Waals surface area contributed by atoms with Gasteiger partial charge in [-0.2, -0.15) is 0 Å². The van der Waals surface area contributed by atoms with Crippen molar-refractivity contribution in [2.75, 3.05) is 6.61 Å². The summed E-state index contributed by atoms with van der Waals surface area (Å²) in [5, 5.41) is 0. The zero-order chi connectivity index (χ0) is 13.7. The van der Waals surface area contributed by atoms with E-state index >= 15 is 0 Å². The van der Waals surface area contributed by atoms with Crippen LogP contribution in [0, 0.1) is 13.8 Å². The molecule has 2 rings (SSSR count). The molecule has 1 aromatic heterocycles. The van der Waals surface area contributed by atoms with E-state index in [-0.39, 0.29) is 0 Å². The van der Waals surface area contributed by atoms with Gasteiger partial charge in [0.15, 0.2) is 0 Å². The summed E-state index contributed by atoms with van der Waals surface area (Å²) in [6, 6.07) is 7.96. The first-order valence-corrected chi connectivity index (χ1v) is 6.27. The molecule has 0 spiro atoms. The fourth-order valence-corrected chi connectivity index (χ4v) is 1.77. The lowest BCUT2D eigenvalue weighted by Crippen LogP contribution is -2.12. The quantitative estimate of drug-likeness (QED) is 0.881. The number of benzene rings is 1. The average Bonchev–Trinajstić information content (AvgIpc) is 2.38. The molecule has 0 atom stereocenters. The Morgan fingerprint density at radius 2 is 1.89 bits per heavy atom. The van der Waals surface area contributed by atoms with Crippen molar-refractivity contribution in [3.05, 3.63) is 47.3 Å². The third-order valence-electron chi connectivity index (χ3n) is 2.61. The topological polar surface area (TPSA) is 73.9 Å². The van der Waals surface area contributed by atoms with Crippen molar-refractivity contribution in [2.45, 2.75) is 26.8 Å². The molecule has 5 nitrogen and oxygen atoms in total. The van der Waals surface area contributed by atoms with Gasteiger partial charge in [0.1, 0.15) is 23.2 Å². The number of aryl methyl sites for hydroxylation is 2. The van der Waals surface area contributed by atoms with Crippen LogP contribution < -0.4 is 10.5 Å². The van der Waals surface area contributed by atoms with E-state index in [4.69, 9.17) is 10.5 Å². The molecule has 1 heterocycles. The van der Waals surface area contributed by atoms with Crippen molar-refractivity contribution < 1.29 is 4.74 Å². The van der Waals surface area contributed by atoms with Gasteiger partial charge in [-0.15, -0.1) is 0 Å². The van der Waals surface area contributed by atoms with E-state index in [0.717, 1.165) is 11.6 Å². The summed E-state index contributed by atoms with van der Waals surface area (Å²) in [6.07, 6.45) is 0.643. The molecule has 100 valence electrons. The fourth-order valence-electron chi connectivity index (χ4n) is 1.77. The molecule has 5 heteroatoms. The number of hydrogen-bond donors (Lipinski definition) is 1. The number of hydrogen-bond acceptors (Lipinski definition) is 5. The van der Waals surface area contributed by atoms with Crippen molar-refractivity contribution >= 4 is 0 Å². The number of rotatable bonds is 5. The van der Waals surface area contributed by atoms with Gasteiger partial charge in [0.2, 0.25) is 0 Å². The number of aromatic nitrogens is 3. The van der Waals surface area contributed by atoms with E-state index in [1.165, 1.54) is 5.56 Å². The van der Waals surface area contributed by atoms with Crippen molar-refractivity contribution in [3.8, 4) is 5.75 Å². The highest BCUT2D eigenvalue weighted by Crippen LogP contribution is 2.12. The Balaban J connectivity index is 1.94. The maximum absolute atomic E-state index is 5.67. The van der Waals surface area contributed by atoms with Gasteiger partial charge >= 0.3 is 0 Å². The molecular formula is C14H18N4O. The zero-order valence-electron chi connectivity index (χ0n) is 11.3. The Morgan fingerprint density at radius 1 is 1.11 bits per heavy atom. The van der Waals surface area contributed by atoms with Gasteiger partial charge in [0.25, 0.3) is 0 Å². The summed E-state index contributed by atoms with van der Waals surface area (Å²) in [6.45, 7) is 4.74. The van der Waals surface area contributed by atoms with Gasteiger partial charge in [-0.05, 0) is 31.5 Å². The summed E-state index contributed by atoms with van der Waals surface area (Å²) >= 11 is 0. The predicted octanol–water partition coefficient (Wildman–Crippen LogP) is 1.57. The second kappa shape index (κ2) is 6.24. The first-order valence-electron chi connectivity index (χ1n) is 6.27. The van der Waals surface area contributed by atoms with E-state index in [9.17, 15) is 0 Å². The lowest BCUT2D eigenvalue weighted by Gasteiger charge is -2.07. The van der Waals surface area contributed by atoms with Crippen LogP contribution in [0.15, 0.2) is 24.3 Å². The second-order valence-corrected chi connectivity index (χ2v) is 4.33. The minimum absolute atomic E-state index is 0.328. The Hall–Kier alpha value is -2.01. The van der Waals surface area contributed by atoms with Gasteiger partial charge < -0.3 is 10.5 Å². The SMILES string of the molecule is Cc1cccc(OCCc2nc(C)nc(CN)n2)c1. The molecule has 0 radical (unpaired) electrons. The van der Waals surface area contributed by atoms with Crippen molar-refractivity contribution in [2.24, 2.45) is 5.73 Å². The molecular weight excluding hydrogens is 240 g/mol.